The Morgan fingerprint density at radius 2 is 1.83 bits per heavy atom. The fourth-order valence-corrected chi connectivity index (χ4v) is 3.03. The predicted molar refractivity (Wildman–Crippen MR) is 119 cm³/mol. The summed E-state index contributed by atoms with van der Waals surface area (Å²) in [6.45, 7) is 6.26. The number of carbonyl (C=O) groups excluding carboxylic acids is 1. The smallest absolute Gasteiger partial charge is 0.407 e. The fourth-order valence-electron chi connectivity index (χ4n) is 2.91. The molecule has 1 amide bonds. The summed E-state index contributed by atoms with van der Waals surface area (Å²) in [5.74, 6) is 0.780. The zero-order valence-corrected chi connectivity index (χ0v) is 18.7. The minimum Gasteiger partial charge on any atom is -0.497 e. The molecule has 0 aliphatic heterocycles. The lowest BCUT2D eigenvalue weighted by Gasteiger charge is -2.27. The average Bonchev–Trinajstić information content (AvgIpc) is 2.67. The number of benzene rings is 2. The first-order valence-corrected chi connectivity index (χ1v) is 10.3. The van der Waals surface area contributed by atoms with E-state index in [9.17, 15) is 9.90 Å². The molecule has 30 heavy (non-hydrogen) atoms. The molecule has 7 heteroatoms. The van der Waals surface area contributed by atoms with Gasteiger partial charge in [-0.1, -0.05) is 35.9 Å². The van der Waals surface area contributed by atoms with E-state index < -0.39 is 23.8 Å². The first kappa shape index (κ1) is 24.0. The van der Waals surface area contributed by atoms with Gasteiger partial charge in [0.25, 0.3) is 0 Å². The van der Waals surface area contributed by atoms with Crippen molar-refractivity contribution in [3.63, 3.8) is 0 Å². The van der Waals surface area contributed by atoms with Crippen molar-refractivity contribution in [3.8, 4) is 5.75 Å². The van der Waals surface area contributed by atoms with E-state index in [-0.39, 0.29) is 0 Å². The standard InChI is InChI=1S/C23H31ClN2O4/c1-23(2,3)30-22(28)26-20(13-16-8-10-18(24)11-9-16)21(27)15-25-14-17-6-5-7-19(12-17)29-4/h5-12,20-21,25,27H,13-15H2,1-4H3,(H,26,28)/t20-,21-/m0/s1. The Labute approximate surface area is 183 Å². The molecule has 0 fully saturated rings. The molecule has 0 unspecified atom stereocenters. The van der Waals surface area contributed by atoms with E-state index in [2.05, 4.69) is 10.6 Å². The van der Waals surface area contributed by atoms with Crippen LogP contribution in [-0.4, -0.2) is 42.6 Å². The van der Waals surface area contributed by atoms with Gasteiger partial charge in [-0.25, -0.2) is 4.79 Å². The zero-order valence-electron chi connectivity index (χ0n) is 17.9. The molecule has 2 rings (SSSR count). The van der Waals surface area contributed by atoms with Crippen LogP contribution in [-0.2, 0) is 17.7 Å². The number of amides is 1. The van der Waals surface area contributed by atoms with Crippen LogP contribution in [0.25, 0.3) is 0 Å². The molecular weight excluding hydrogens is 404 g/mol. The maximum absolute atomic E-state index is 12.3. The van der Waals surface area contributed by atoms with Crippen LogP contribution in [0.1, 0.15) is 31.9 Å². The van der Waals surface area contributed by atoms with Gasteiger partial charge in [0.15, 0.2) is 0 Å². The van der Waals surface area contributed by atoms with Gasteiger partial charge in [-0.3, -0.25) is 0 Å². The van der Waals surface area contributed by atoms with Crippen LogP contribution in [0.15, 0.2) is 48.5 Å². The fraction of sp³-hybridized carbons (Fsp3) is 0.435. The molecule has 2 atom stereocenters. The third-order valence-corrected chi connectivity index (χ3v) is 4.60. The van der Waals surface area contributed by atoms with Crippen LogP contribution in [0.3, 0.4) is 0 Å². The van der Waals surface area contributed by atoms with E-state index in [0.717, 1.165) is 16.9 Å². The highest BCUT2D eigenvalue weighted by Crippen LogP contribution is 2.14. The Hall–Kier alpha value is -2.28. The number of rotatable bonds is 9. The minimum atomic E-state index is -0.821. The maximum Gasteiger partial charge on any atom is 0.407 e. The van der Waals surface area contributed by atoms with Crippen molar-refractivity contribution in [1.82, 2.24) is 10.6 Å². The first-order valence-electron chi connectivity index (χ1n) is 9.92. The second-order valence-electron chi connectivity index (χ2n) is 8.13. The lowest BCUT2D eigenvalue weighted by atomic mass is 10.0. The van der Waals surface area contributed by atoms with Gasteiger partial charge in [-0.15, -0.1) is 0 Å². The molecule has 0 aliphatic rings. The number of nitrogens with one attached hydrogen (secondary N) is 2. The molecule has 0 aromatic heterocycles. The van der Waals surface area contributed by atoms with Gasteiger partial charge in [-0.05, 0) is 62.6 Å². The molecule has 0 bridgehead atoms. The quantitative estimate of drug-likeness (QED) is 0.557. The highest BCUT2D eigenvalue weighted by atomic mass is 35.5. The lowest BCUT2D eigenvalue weighted by Crippen LogP contribution is -2.49. The van der Waals surface area contributed by atoms with Crippen molar-refractivity contribution in [2.24, 2.45) is 0 Å². The molecule has 6 nitrogen and oxygen atoms in total. The number of carbonyl (C=O) groups is 1. The van der Waals surface area contributed by atoms with Crippen LogP contribution in [0.5, 0.6) is 5.75 Å². The highest BCUT2D eigenvalue weighted by Gasteiger charge is 2.25. The van der Waals surface area contributed by atoms with Gasteiger partial charge in [0.05, 0.1) is 19.3 Å². The van der Waals surface area contributed by atoms with E-state index >= 15 is 0 Å². The molecule has 0 saturated heterocycles. The van der Waals surface area contributed by atoms with Crippen molar-refractivity contribution >= 4 is 17.7 Å². The number of hydrogen-bond acceptors (Lipinski definition) is 5. The minimum absolute atomic E-state index is 0.297. The maximum atomic E-state index is 12.3. The summed E-state index contributed by atoms with van der Waals surface area (Å²) in [4.78, 5) is 12.3. The summed E-state index contributed by atoms with van der Waals surface area (Å²) in [5.41, 5.74) is 1.37. The SMILES string of the molecule is COc1cccc(CNC[C@H](O)[C@H](Cc2ccc(Cl)cc2)NC(=O)OC(C)(C)C)c1. The largest absolute Gasteiger partial charge is 0.497 e. The summed E-state index contributed by atoms with van der Waals surface area (Å²) >= 11 is 5.96. The third-order valence-electron chi connectivity index (χ3n) is 4.35. The Morgan fingerprint density at radius 1 is 1.13 bits per heavy atom. The molecule has 2 aromatic carbocycles. The first-order chi connectivity index (χ1) is 14.2. The molecule has 164 valence electrons. The summed E-state index contributed by atoms with van der Waals surface area (Å²) in [5, 5.41) is 17.4. The number of hydrogen-bond donors (Lipinski definition) is 3. The Balaban J connectivity index is 1.99. The number of halogens is 1. The second-order valence-corrected chi connectivity index (χ2v) is 8.57. The van der Waals surface area contributed by atoms with Gasteiger partial charge < -0.3 is 25.2 Å². The van der Waals surface area contributed by atoms with Gasteiger partial charge in [0.2, 0.25) is 0 Å². The molecule has 0 saturated carbocycles. The molecule has 0 radical (unpaired) electrons. The van der Waals surface area contributed by atoms with Crippen LogP contribution in [0.4, 0.5) is 4.79 Å². The monoisotopic (exact) mass is 434 g/mol. The van der Waals surface area contributed by atoms with Gasteiger partial charge in [0.1, 0.15) is 11.4 Å². The molecule has 2 aromatic rings. The van der Waals surface area contributed by atoms with E-state index in [1.807, 2.05) is 36.4 Å². The van der Waals surface area contributed by atoms with E-state index in [4.69, 9.17) is 21.1 Å². The van der Waals surface area contributed by atoms with E-state index in [0.29, 0.717) is 24.5 Å². The van der Waals surface area contributed by atoms with Crippen LogP contribution in [0.2, 0.25) is 5.02 Å². The Kier molecular flexibility index (Phi) is 8.96. The molecule has 3 N–H and O–H groups in total. The molecule has 0 heterocycles. The molecule has 0 aliphatic carbocycles. The van der Waals surface area contributed by atoms with Crippen molar-refractivity contribution in [3.05, 3.63) is 64.7 Å². The van der Waals surface area contributed by atoms with Crippen molar-refractivity contribution in [1.29, 1.82) is 0 Å². The second kappa shape index (κ2) is 11.2. The van der Waals surface area contributed by atoms with Crippen LogP contribution < -0.4 is 15.4 Å². The van der Waals surface area contributed by atoms with Crippen LogP contribution >= 0.6 is 11.6 Å². The molecular formula is C23H31ClN2O4. The number of alkyl carbamates (subject to hydrolysis) is 1. The Bertz CT molecular complexity index is 806. The number of aliphatic hydroxyl groups excluding tert-OH is 1. The number of aliphatic hydroxyl groups is 1. The zero-order chi connectivity index (χ0) is 22.1. The van der Waals surface area contributed by atoms with Crippen molar-refractivity contribution in [2.75, 3.05) is 13.7 Å². The topological polar surface area (TPSA) is 79.8 Å². The van der Waals surface area contributed by atoms with Gasteiger partial charge in [0, 0.05) is 18.1 Å². The highest BCUT2D eigenvalue weighted by molar-refractivity contribution is 6.30. The van der Waals surface area contributed by atoms with Crippen LogP contribution in [0, 0.1) is 0 Å². The lowest BCUT2D eigenvalue weighted by molar-refractivity contribution is 0.0422. The normalized spacial score (nSPS) is 13.4. The van der Waals surface area contributed by atoms with Gasteiger partial charge >= 0.3 is 6.09 Å². The van der Waals surface area contributed by atoms with Crippen molar-refractivity contribution < 1.29 is 19.4 Å². The predicted octanol–water partition coefficient (Wildman–Crippen LogP) is 3.94. The van der Waals surface area contributed by atoms with E-state index in [1.54, 1.807) is 40.0 Å². The van der Waals surface area contributed by atoms with E-state index in [1.165, 1.54) is 0 Å². The third kappa shape index (κ3) is 8.61. The average molecular weight is 435 g/mol. The summed E-state index contributed by atoms with van der Waals surface area (Å²) in [6.07, 6.45) is -0.939. The summed E-state index contributed by atoms with van der Waals surface area (Å²) < 4.78 is 10.6. The number of ether oxygens (including phenoxy) is 2. The summed E-state index contributed by atoms with van der Waals surface area (Å²) in [6, 6.07) is 14.5. The summed E-state index contributed by atoms with van der Waals surface area (Å²) in [7, 11) is 1.62. The van der Waals surface area contributed by atoms with Gasteiger partial charge in [-0.2, -0.15) is 0 Å². The Morgan fingerprint density at radius 3 is 2.47 bits per heavy atom. The van der Waals surface area contributed by atoms with Crippen molar-refractivity contribution in [2.45, 2.75) is 51.5 Å². The molecule has 0 spiro atoms. The number of methoxy groups -OCH3 is 1.